The fourth-order valence-corrected chi connectivity index (χ4v) is 1.95. The maximum absolute atomic E-state index is 11.5. The van der Waals surface area contributed by atoms with E-state index in [-0.39, 0.29) is 5.91 Å². The van der Waals surface area contributed by atoms with E-state index in [9.17, 15) is 4.79 Å². The van der Waals surface area contributed by atoms with Crippen LogP contribution in [0.5, 0.6) is 0 Å². The third kappa shape index (κ3) is 1.04. The van der Waals surface area contributed by atoms with E-state index < -0.39 is 0 Å². The molecular formula is C10H13N2O+. The Bertz CT molecular complexity index is 383. The lowest BCUT2D eigenvalue weighted by Gasteiger charge is -2.22. The summed E-state index contributed by atoms with van der Waals surface area (Å²) in [6.07, 6.45) is 0. The van der Waals surface area contributed by atoms with Gasteiger partial charge in [0.15, 0.2) is 5.69 Å². The van der Waals surface area contributed by atoms with E-state index in [2.05, 4.69) is 5.43 Å². The monoisotopic (exact) mass is 177 g/mol. The summed E-state index contributed by atoms with van der Waals surface area (Å²) in [7, 11) is 3.94. The molecule has 0 fully saturated rings. The highest BCUT2D eigenvalue weighted by atomic mass is 16.2. The number of nitrogens with one attached hydrogen (secondary N) is 1. The summed E-state index contributed by atoms with van der Waals surface area (Å²) in [5, 5.41) is 0. The summed E-state index contributed by atoms with van der Waals surface area (Å²) in [6, 6.07) is 5.81. The maximum Gasteiger partial charge on any atom is 0.302 e. The van der Waals surface area contributed by atoms with Crippen molar-refractivity contribution in [2.75, 3.05) is 14.1 Å². The molecule has 0 saturated carbocycles. The summed E-state index contributed by atoms with van der Waals surface area (Å²) in [6.45, 7) is 2.03. The van der Waals surface area contributed by atoms with Gasteiger partial charge in [-0.2, -0.15) is 10.0 Å². The summed E-state index contributed by atoms with van der Waals surface area (Å²) in [5.41, 5.74) is 5.92. The van der Waals surface area contributed by atoms with E-state index in [1.165, 1.54) is 0 Å². The van der Waals surface area contributed by atoms with Crippen LogP contribution >= 0.6 is 0 Å². The van der Waals surface area contributed by atoms with Gasteiger partial charge in [-0.1, -0.05) is 12.1 Å². The zero-order valence-corrected chi connectivity index (χ0v) is 8.09. The number of carbonyl (C=O) groups is 1. The molecule has 1 aliphatic heterocycles. The van der Waals surface area contributed by atoms with Gasteiger partial charge < -0.3 is 0 Å². The summed E-state index contributed by atoms with van der Waals surface area (Å²) in [4.78, 5) is 11.5. The van der Waals surface area contributed by atoms with Crippen molar-refractivity contribution in [2.24, 2.45) is 0 Å². The second-order valence-corrected chi connectivity index (χ2v) is 3.87. The molecule has 13 heavy (non-hydrogen) atoms. The van der Waals surface area contributed by atoms with Gasteiger partial charge in [0.25, 0.3) is 0 Å². The Kier molecular flexibility index (Phi) is 1.48. The lowest BCUT2D eigenvalue weighted by molar-refractivity contribution is 0.0901. The molecule has 3 nitrogen and oxygen atoms in total. The molecule has 3 heteroatoms. The summed E-state index contributed by atoms with van der Waals surface area (Å²) < 4.78 is 0.445. The second kappa shape index (κ2) is 2.33. The Hall–Kier alpha value is -1.35. The van der Waals surface area contributed by atoms with Crippen LogP contribution in [0, 0.1) is 6.92 Å². The molecule has 1 amide bonds. The highest BCUT2D eigenvalue weighted by molar-refractivity contribution is 6.03. The Morgan fingerprint density at radius 2 is 2.00 bits per heavy atom. The number of hydrogen-bond donors (Lipinski definition) is 1. The van der Waals surface area contributed by atoms with E-state index in [1.54, 1.807) is 0 Å². The van der Waals surface area contributed by atoms with E-state index in [0.717, 1.165) is 16.8 Å². The number of nitrogens with zero attached hydrogens (tertiary/aromatic N) is 1. The Labute approximate surface area is 77.5 Å². The number of amides is 1. The van der Waals surface area contributed by atoms with Crippen LogP contribution in [-0.4, -0.2) is 20.0 Å². The summed E-state index contributed by atoms with van der Waals surface area (Å²) in [5.74, 6) is 0.0173. The first kappa shape index (κ1) is 8.26. The van der Waals surface area contributed by atoms with Crippen molar-refractivity contribution >= 4 is 11.6 Å². The molecular weight excluding hydrogens is 164 g/mol. The first-order chi connectivity index (χ1) is 6.02. The van der Waals surface area contributed by atoms with Crippen LogP contribution in [0.4, 0.5) is 5.69 Å². The molecule has 1 heterocycles. The molecule has 1 N–H and O–H groups in total. The van der Waals surface area contributed by atoms with Gasteiger partial charge in [-0.3, -0.25) is 4.79 Å². The first-order valence-corrected chi connectivity index (χ1v) is 4.29. The standard InChI is InChI=1S/C10H12N2O/c1-7-5-4-6-8-9(7)12(2,3)11-10(8)13/h4-6H,1-3H3/p+1. The van der Waals surface area contributed by atoms with Crippen molar-refractivity contribution in [3.63, 3.8) is 0 Å². The number of aryl methyl sites for hydroxylation is 1. The van der Waals surface area contributed by atoms with Gasteiger partial charge in [-0.25, -0.2) is 0 Å². The lowest BCUT2D eigenvalue weighted by Crippen LogP contribution is -2.50. The van der Waals surface area contributed by atoms with Gasteiger partial charge in [-0.15, -0.1) is 0 Å². The Morgan fingerprint density at radius 1 is 1.31 bits per heavy atom. The highest BCUT2D eigenvalue weighted by Crippen LogP contribution is 2.31. The van der Waals surface area contributed by atoms with Gasteiger partial charge in [0.1, 0.15) is 5.56 Å². The third-order valence-corrected chi connectivity index (χ3v) is 2.42. The molecule has 0 aliphatic carbocycles. The highest BCUT2D eigenvalue weighted by Gasteiger charge is 2.37. The molecule has 1 aromatic carbocycles. The number of rotatable bonds is 0. The molecule has 0 radical (unpaired) electrons. The molecule has 68 valence electrons. The predicted molar refractivity (Wildman–Crippen MR) is 52.3 cm³/mol. The first-order valence-electron chi connectivity index (χ1n) is 4.29. The molecule has 0 saturated heterocycles. The fraction of sp³-hybridized carbons (Fsp3) is 0.300. The van der Waals surface area contributed by atoms with Gasteiger partial charge in [0.2, 0.25) is 0 Å². The molecule has 1 aromatic rings. The van der Waals surface area contributed by atoms with Gasteiger partial charge >= 0.3 is 5.91 Å². The van der Waals surface area contributed by atoms with E-state index in [1.807, 2.05) is 39.2 Å². The molecule has 0 spiro atoms. The van der Waals surface area contributed by atoms with Crippen LogP contribution < -0.4 is 10.0 Å². The van der Waals surface area contributed by atoms with Crippen LogP contribution in [0.2, 0.25) is 0 Å². The van der Waals surface area contributed by atoms with Crippen molar-refractivity contribution in [1.82, 2.24) is 10.0 Å². The average Bonchev–Trinajstić information content (AvgIpc) is 2.24. The topological polar surface area (TPSA) is 29.1 Å². The van der Waals surface area contributed by atoms with E-state index >= 15 is 0 Å². The van der Waals surface area contributed by atoms with Crippen molar-refractivity contribution in [1.29, 1.82) is 0 Å². The van der Waals surface area contributed by atoms with Crippen LogP contribution in [0.3, 0.4) is 0 Å². The number of benzene rings is 1. The maximum atomic E-state index is 11.5. The Balaban J connectivity index is 2.73. The van der Waals surface area contributed by atoms with Crippen LogP contribution in [0.25, 0.3) is 0 Å². The zero-order valence-electron chi connectivity index (χ0n) is 8.09. The normalized spacial score (nSPS) is 18.2. The van der Waals surface area contributed by atoms with Crippen LogP contribution in [0.1, 0.15) is 15.9 Å². The van der Waals surface area contributed by atoms with Gasteiger partial charge in [0, 0.05) is 5.56 Å². The van der Waals surface area contributed by atoms with Crippen molar-refractivity contribution in [2.45, 2.75) is 6.92 Å². The number of hydrogen-bond acceptors (Lipinski definition) is 1. The second-order valence-electron chi connectivity index (χ2n) is 3.87. The molecule has 0 unspecified atom stereocenters. The zero-order chi connectivity index (χ0) is 9.64. The number of para-hydroxylation sites is 1. The minimum Gasteiger partial charge on any atom is -0.264 e. The third-order valence-electron chi connectivity index (χ3n) is 2.42. The number of quaternary nitrogens is 1. The van der Waals surface area contributed by atoms with Crippen LogP contribution in [-0.2, 0) is 0 Å². The van der Waals surface area contributed by atoms with Crippen molar-refractivity contribution in [3.05, 3.63) is 29.3 Å². The predicted octanol–water partition coefficient (Wildman–Crippen LogP) is 1.22. The van der Waals surface area contributed by atoms with Crippen LogP contribution in [0.15, 0.2) is 18.2 Å². The molecule has 0 aromatic heterocycles. The molecule has 0 bridgehead atoms. The number of fused-ring (bicyclic) bond motifs is 1. The smallest absolute Gasteiger partial charge is 0.264 e. The summed E-state index contributed by atoms with van der Waals surface area (Å²) >= 11 is 0. The molecule has 0 atom stereocenters. The van der Waals surface area contributed by atoms with Crippen molar-refractivity contribution < 1.29 is 4.79 Å². The molecule has 2 rings (SSSR count). The SMILES string of the molecule is Cc1cccc2c1[N+](C)(C)NC2=O. The van der Waals surface area contributed by atoms with E-state index in [0.29, 0.717) is 4.59 Å². The van der Waals surface area contributed by atoms with Crippen molar-refractivity contribution in [3.8, 4) is 0 Å². The lowest BCUT2D eigenvalue weighted by atomic mass is 10.1. The largest absolute Gasteiger partial charge is 0.302 e. The average molecular weight is 177 g/mol. The minimum atomic E-state index is 0.0173. The Morgan fingerprint density at radius 3 is 2.62 bits per heavy atom. The van der Waals surface area contributed by atoms with Gasteiger partial charge in [0.05, 0.1) is 14.1 Å². The minimum absolute atomic E-state index is 0.0173. The van der Waals surface area contributed by atoms with Gasteiger partial charge in [-0.05, 0) is 13.0 Å². The fourth-order valence-electron chi connectivity index (χ4n) is 1.95. The quantitative estimate of drug-likeness (QED) is 0.593. The number of carbonyl (C=O) groups excluding carboxylic acids is 1. The van der Waals surface area contributed by atoms with E-state index in [4.69, 9.17) is 0 Å². The molecule has 1 aliphatic rings.